The summed E-state index contributed by atoms with van der Waals surface area (Å²) in [5.74, 6) is 0. The number of aromatic nitrogens is 2. The maximum absolute atomic E-state index is 12.6. The van der Waals surface area contributed by atoms with Crippen LogP contribution in [-0.2, 0) is 0 Å². The fourth-order valence-electron chi connectivity index (χ4n) is 1.08. The first-order valence-corrected chi connectivity index (χ1v) is 4.35. The van der Waals surface area contributed by atoms with Crippen molar-refractivity contribution in [1.29, 1.82) is 0 Å². The van der Waals surface area contributed by atoms with Gasteiger partial charge in [0.25, 0.3) is 5.56 Å². The highest BCUT2D eigenvalue weighted by Gasteiger charge is 2.39. The average Bonchev–Trinajstić information content (AvgIpc) is 2.73. The molecule has 2 atom stereocenters. The van der Waals surface area contributed by atoms with Crippen molar-refractivity contribution >= 4 is 15.9 Å². The molecule has 0 radical (unpaired) electrons. The Morgan fingerprint density at radius 3 is 3.00 bits per heavy atom. The number of halogens is 2. The number of rotatable bonds is 1. The Labute approximate surface area is 76.4 Å². The van der Waals surface area contributed by atoms with Crippen LogP contribution in [0.2, 0.25) is 0 Å². The quantitative estimate of drug-likeness (QED) is 0.732. The van der Waals surface area contributed by atoms with Crippen molar-refractivity contribution in [2.24, 2.45) is 0 Å². The first-order chi connectivity index (χ1) is 5.70. The zero-order valence-corrected chi connectivity index (χ0v) is 7.66. The largest absolute Gasteiger partial charge is 0.292 e. The third-order valence-electron chi connectivity index (χ3n) is 1.86. The lowest BCUT2D eigenvalue weighted by Crippen LogP contribution is -2.20. The van der Waals surface area contributed by atoms with Crippen LogP contribution in [0, 0.1) is 0 Å². The van der Waals surface area contributed by atoms with Crippen molar-refractivity contribution in [3.63, 3.8) is 0 Å². The third kappa shape index (κ3) is 1.18. The lowest BCUT2D eigenvalue weighted by Gasteiger charge is -2.00. The number of hydrogen-bond acceptors (Lipinski definition) is 2. The fraction of sp³-hybridized carbons (Fsp3) is 0.429. The first kappa shape index (κ1) is 7.91. The van der Waals surface area contributed by atoms with Crippen LogP contribution in [-0.4, -0.2) is 15.7 Å². The van der Waals surface area contributed by atoms with Crippen LogP contribution in [0.3, 0.4) is 0 Å². The number of alkyl halides is 1. The van der Waals surface area contributed by atoms with Crippen LogP contribution < -0.4 is 5.56 Å². The molecule has 1 aromatic heterocycles. The second kappa shape index (κ2) is 2.65. The summed E-state index contributed by atoms with van der Waals surface area (Å²) < 4.78 is 14.3. The molecule has 1 aliphatic rings. The molecule has 0 saturated heterocycles. The van der Waals surface area contributed by atoms with E-state index in [-0.39, 0.29) is 11.6 Å². The molecular formula is C7H6BrFN2O. The maximum atomic E-state index is 12.6. The molecule has 5 heteroatoms. The molecular weight excluding hydrogens is 227 g/mol. The minimum absolute atomic E-state index is 0.213. The lowest BCUT2D eigenvalue weighted by molar-refractivity contribution is 0.436. The van der Waals surface area contributed by atoms with Crippen LogP contribution in [0.4, 0.5) is 4.39 Å². The van der Waals surface area contributed by atoms with Crippen LogP contribution in [0.15, 0.2) is 21.8 Å². The zero-order chi connectivity index (χ0) is 8.72. The molecule has 64 valence electrons. The van der Waals surface area contributed by atoms with E-state index in [4.69, 9.17) is 0 Å². The van der Waals surface area contributed by atoms with Crippen LogP contribution in [0.5, 0.6) is 0 Å². The molecule has 1 aromatic rings. The van der Waals surface area contributed by atoms with E-state index in [1.165, 1.54) is 17.1 Å². The Bertz CT molecular complexity index is 365. The van der Waals surface area contributed by atoms with Crippen molar-refractivity contribution in [3.8, 4) is 0 Å². The van der Waals surface area contributed by atoms with E-state index in [1.807, 2.05) is 0 Å². The van der Waals surface area contributed by atoms with Gasteiger partial charge in [-0.3, -0.25) is 9.36 Å². The van der Waals surface area contributed by atoms with E-state index in [0.717, 1.165) is 0 Å². The highest BCUT2D eigenvalue weighted by atomic mass is 79.9. The smallest absolute Gasteiger partial charge is 0.267 e. The maximum Gasteiger partial charge on any atom is 0.267 e. The summed E-state index contributed by atoms with van der Waals surface area (Å²) in [6.45, 7) is 0. The van der Waals surface area contributed by atoms with Gasteiger partial charge in [-0.15, -0.1) is 0 Å². The van der Waals surface area contributed by atoms with E-state index < -0.39 is 6.17 Å². The standard InChI is InChI=1S/C7H6BrFN2O/c8-4-2-10-3-11(7(4)12)6-1-5(6)9/h2-3,5-6H,1H2/t5-,6?/m0/s1. The molecule has 0 spiro atoms. The molecule has 0 N–H and O–H groups in total. The second-order valence-corrected chi connectivity index (χ2v) is 3.63. The van der Waals surface area contributed by atoms with Gasteiger partial charge in [-0.05, 0) is 15.9 Å². The van der Waals surface area contributed by atoms with Crippen molar-refractivity contribution in [3.05, 3.63) is 27.4 Å². The number of hydrogen-bond donors (Lipinski definition) is 0. The minimum Gasteiger partial charge on any atom is -0.292 e. The number of nitrogens with zero attached hydrogens (tertiary/aromatic N) is 2. The molecule has 0 aliphatic heterocycles. The molecule has 1 unspecified atom stereocenters. The summed E-state index contributed by atoms with van der Waals surface area (Å²) in [5, 5.41) is 0. The van der Waals surface area contributed by atoms with E-state index in [1.54, 1.807) is 0 Å². The van der Waals surface area contributed by atoms with Gasteiger partial charge in [0.1, 0.15) is 10.6 Å². The van der Waals surface area contributed by atoms with Gasteiger partial charge in [0.05, 0.1) is 12.4 Å². The molecule has 12 heavy (non-hydrogen) atoms. The Balaban J connectivity index is 2.45. The van der Waals surface area contributed by atoms with E-state index in [0.29, 0.717) is 10.9 Å². The summed E-state index contributed by atoms with van der Waals surface area (Å²) in [5.41, 5.74) is -0.213. The van der Waals surface area contributed by atoms with Gasteiger partial charge in [0.15, 0.2) is 0 Å². The van der Waals surface area contributed by atoms with Gasteiger partial charge in [0.2, 0.25) is 0 Å². The lowest BCUT2D eigenvalue weighted by atomic mass is 10.6. The summed E-state index contributed by atoms with van der Waals surface area (Å²) in [6, 6.07) is -0.289. The van der Waals surface area contributed by atoms with Gasteiger partial charge >= 0.3 is 0 Å². The van der Waals surface area contributed by atoms with E-state index in [2.05, 4.69) is 20.9 Å². The van der Waals surface area contributed by atoms with Crippen LogP contribution >= 0.6 is 15.9 Å². The summed E-state index contributed by atoms with van der Waals surface area (Å²) in [6.07, 6.45) is 2.34. The highest BCUT2D eigenvalue weighted by Crippen LogP contribution is 2.37. The summed E-state index contributed by atoms with van der Waals surface area (Å²) in [4.78, 5) is 15.1. The highest BCUT2D eigenvalue weighted by molar-refractivity contribution is 9.10. The molecule has 1 fully saturated rings. The first-order valence-electron chi connectivity index (χ1n) is 3.56. The van der Waals surface area contributed by atoms with Gasteiger partial charge in [0, 0.05) is 12.6 Å². The zero-order valence-electron chi connectivity index (χ0n) is 6.08. The summed E-state index contributed by atoms with van der Waals surface area (Å²) in [7, 11) is 0. The van der Waals surface area contributed by atoms with Crippen molar-refractivity contribution in [2.45, 2.75) is 18.6 Å². The van der Waals surface area contributed by atoms with Crippen molar-refractivity contribution in [1.82, 2.24) is 9.55 Å². The fourth-order valence-corrected chi connectivity index (χ4v) is 1.40. The Morgan fingerprint density at radius 1 is 1.75 bits per heavy atom. The third-order valence-corrected chi connectivity index (χ3v) is 2.40. The van der Waals surface area contributed by atoms with Crippen LogP contribution in [0.25, 0.3) is 0 Å². The SMILES string of the molecule is O=c1c(Br)cncn1C1C[C@@H]1F. The van der Waals surface area contributed by atoms with Gasteiger partial charge in [-0.25, -0.2) is 9.37 Å². The normalized spacial score (nSPS) is 27.2. The molecule has 3 nitrogen and oxygen atoms in total. The Kier molecular flexibility index (Phi) is 1.75. The molecule has 0 amide bonds. The summed E-state index contributed by atoms with van der Waals surface area (Å²) >= 11 is 3.04. The predicted octanol–water partition coefficient (Wildman–Crippen LogP) is 1.29. The van der Waals surface area contributed by atoms with Gasteiger partial charge < -0.3 is 0 Å². The molecule has 0 aromatic carbocycles. The Hall–Kier alpha value is -0.710. The predicted molar refractivity (Wildman–Crippen MR) is 44.7 cm³/mol. The van der Waals surface area contributed by atoms with E-state index in [9.17, 15) is 9.18 Å². The molecule has 2 rings (SSSR count). The van der Waals surface area contributed by atoms with Gasteiger partial charge in [-0.1, -0.05) is 0 Å². The average molecular weight is 233 g/mol. The van der Waals surface area contributed by atoms with Crippen LogP contribution in [0.1, 0.15) is 12.5 Å². The monoisotopic (exact) mass is 232 g/mol. The molecule has 1 heterocycles. The molecule has 1 aliphatic carbocycles. The van der Waals surface area contributed by atoms with Crippen molar-refractivity contribution in [2.75, 3.05) is 0 Å². The van der Waals surface area contributed by atoms with Crippen molar-refractivity contribution < 1.29 is 4.39 Å². The topological polar surface area (TPSA) is 34.9 Å². The van der Waals surface area contributed by atoms with E-state index >= 15 is 0 Å². The molecule has 1 saturated carbocycles. The second-order valence-electron chi connectivity index (χ2n) is 2.77. The molecule has 0 bridgehead atoms. The minimum atomic E-state index is -0.876. The Morgan fingerprint density at radius 2 is 2.42 bits per heavy atom. The van der Waals surface area contributed by atoms with Gasteiger partial charge in [-0.2, -0.15) is 0 Å².